The van der Waals surface area contributed by atoms with E-state index in [2.05, 4.69) is 10.6 Å². The Bertz CT molecular complexity index is 486. The Hall–Kier alpha value is -2.15. The number of hydrogen-bond donors (Lipinski definition) is 3. The number of fused-ring (bicyclic) bond motifs is 1. The van der Waals surface area contributed by atoms with Crippen molar-refractivity contribution in [3.63, 3.8) is 0 Å². The van der Waals surface area contributed by atoms with Crippen molar-refractivity contribution in [1.82, 2.24) is 0 Å². The topological polar surface area (TPSA) is 104 Å². The van der Waals surface area contributed by atoms with Crippen LogP contribution in [0, 0.1) is 10.1 Å². The maximum atomic E-state index is 11.6. The van der Waals surface area contributed by atoms with Crippen molar-refractivity contribution in [1.29, 1.82) is 0 Å². The summed E-state index contributed by atoms with van der Waals surface area (Å²) in [4.78, 5) is 21.6. The van der Waals surface area contributed by atoms with Crippen LogP contribution in [0.2, 0.25) is 0 Å². The number of amides is 1. The van der Waals surface area contributed by atoms with E-state index in [-0.39, 0.29) is 5.69 Å². The molecule has 1 aliphatic heterocycles. The van der Waals surface area contributed by atoms with Crippen LogP contribution in [0.1, 0.15) is 6.92 Å². The van der Waals surface area contributed by atoms with E-state index in [0.717, 1.165) is 0 Å². The van der Waals surface area contributed by atoms with Crippen molar-refractivity contribution in [3.8, 4) is 0 Å². The predicted molar refractivity (Wildman–Crippen MR) is 60.8 cm³/mol. The number of nitro groups is 1. The van der Waals surface area contributed by atoms with E-state index in [1.807, 2.05) is 0 Å². The summed E-state index contributed by atoms with van der Waals surface area (Å²) >= 11 is 0. The lowest BCUT2D eigenvalue weighted by atomic mass is 10.1. The Morgan fingerprint density at radius 1 is 1.47 bits per heavy atom. The Morgan fingerprint density at radius 2 is 2.18 bits per heavy atom. The van der Waals surface area contributed by atoms with Crippen molar-refractivity contribution in [2.45, 2.75) is 19.1 Å². The molecule has 0 bridgehead atoms. The number of aliphatic hydroxyl groups is 1. The lowest BCUT2D eigenvalue weighted by Crippen LogP contribution is -2.45. The molecule has 2 atom stereocenters. The van der Waals surface area contributed by atoms with Crippen LogP contribution in [-0.4, -0.2) is 28.1 Å². The molecule has 0 saturated heterocycles. The van der Waals surface area contributed by atoms with Gasteiger partial charge in [0, 0.05) is 12.1 Å². The van der Waals surface area contributed by atoms with Crippen molar-refractivity contribution in [2.24, 2.45) is 0 Å². The van der Waals surface area contributed by atoms with Crippen LogP contribution in [0.4, 0.5) is 17.1 Å². The highest BCUT2D eigenvalue weighted by molar-refractivity contribution is 6.03. The van der Waals surface area contributed by atoms with Gasteiger partial charge in [-0.25, -0.2) is 0 Å². The minimum absolute atomic E-state index is 0.0960. The number of anilines is 2. The fourth-order valence-electron chi connectivity index (χ4n) is 1.66. The molecule has 2 unspecified atom stereocenters. The molecule has 17 heavy (non-hydrogen) atoms. The Balaban J connectivity index is 2.35. The Morgan fingerprint density at radius 3 is 2.76 bits per heavy atom. The third-order valence-electron chi connectivity index (χ3n) is 2.55. The van der Waals surface area contributed by atoms with Gasteiger partial charge in [-0.2, -0.15) is 0 Å². The van der Waals surface area contributed by atoms with Gasteiger partial charge >= 0.3 is 0 Å². The van der Waals surface area contributed by atoms with Crippen LogP contribution in [0.25, 0.3) is 0 Å². The second-order valence-electron chi connectivity index (χ2n) is 3.84. The number of nitro benzene ring substituents is 1. The van der Waals surface area contributed by atoms with Gasteiger partial charge in [0.1, 0.15) is 6.04 Å². The van der Waals surface area contributed by atoms with Gasteiger partial charge in [-0.15, -0.1) is 0 Å². The molecule has 3 N–H and O–H groups in total. The molecule has 1 aliphatic rings. The van der Waals surface area contributed by atoms with Crippen molar-refractivity contribution >= 4 is 23.0 Å². The highest BCUT2D eigenvalue weighted by atomic mass is 16.6. The molecule has 0 aromatic heterocycles. The minimum Gasteiger partial charge on any atom is -0.391 e. The molecule has 1 heterocycles. The third kappa shape index (κ3) is 2.04. The summed E-state index contributed by atoms with van der Waals surface area (Å²) in [7, 11) is 0. The lowest BCUT2D eigenvalue weighted by Gasteiger charge is -2.28. The van der Waals surface area contributed by atoms with Gasteiger partial charge in [-0.1, -0.05) is 0 Å². The Labute approximate surface area is 96.6 Å². The minimum atomic E-state index is -0.849. The highest BCUT2D eigenvalue weighted by Gasteiger charge is 2.29. The first kappa shape index (κ1) is 11.3. The number of rotatable bonds is 2. The average Bonchev–Trinajstić information content (AvgIpc) is 2.26. The van der Waals surface area contributed by atoms with Gasteiger partial charge in [0.2, 0.25) is 5.91 Å². The zero-order valence-corrected chi connectivity index (χ0v) is 9.01. The largest absolute Gasteiger partial charge is 0.391 e. The quantitative estimate of drug-likeness (QED) is 0.519. The van der Waals surface area contributed by atoms with E-state index in [1.165, 1.54) is 25.1 Å². The SMILES string of the molecule is CC(O)C1Nc2ccc([N+](=O)[O-])cc2NC1=O. The van der Waals surface area contributed by atoms with Crippen molar-refractivity contribution in [2.75, 3.05) is 10.6 Å². The summed E-state index contributed by atoms with van der Waals surface area (Å²) in [6.07, 6.45) is -0.849. The summed E-state index contributed by atoms with van der Waals surface area (Å²) < 4.78 is 0. The van der Waals surface area contributed by atoms with Gasteiger partial charge < -0.3 is 15.7 Å². The fraction of sp³-hybridized carbons (Fsp3) is 0.300. The molecule has 0 saturated carbocycles. The summed E-state index contributed by atoms with van der Waals surface area (Å²) in [5.74, 6) is -0.409. The first-order valence-electron chi connectivity index (χ1n) is 5.03. The van der Waals surface area contributed by atoms with E-state index in [9.17, 15) is 20.0 Å². The standard InChI is InChI=1S/C10H11N3O4/c1-5(14)9-10(15)12-8-4-6(13(16)17)2-3-7(8)11-9/h2-5,9,11,14H,1H3,(H,12,15). The fourth-order valence-corrected chi connectivity index (χ4v) is 1.66. The van der Waals surface area contributed by atoms with E-state index >= 15 is 0 Å². The number of hydrogen-bond acceptors (Lipinski definition) is 5. The smallest absolute Gasteiger partial charge is 0.271 e. The Kier molecular flexibility index (Phi) is 2.68. The van der Waals surface area contributed by atoms with E-state index < -0.39 is 23.0 Å². The predicted octanol–water partition coefficient (Wildman–Crippen LogP) is 0.708. The first-order valence-corrected chi connectivity index (χ1v) is 5.03. The van der Waals surface area contributed by atoms with Gasteiger partial charge in [-0.05, 0) is 13.0 Å². The van der Waals surface area contributed by atoms with E-state index in [4.69, 9.17) is 0 Å². The zero-order valence-electron chi connectivity index (χ0n) is 9.01. The summed E-state index contributed by atoms with van der Waals surface area (Å²) in [5.41, 5.74) is 0.809. The first-order chi connectivity index (χ1) is 7.99. The molecule has 1 aromatic rings. The number of benzene rings is 1. The monoisotopic (exact) mass is 237 g/mol. The molecule has 7 heteroatoms. The lowest BCUT2D eigenvalue weighted by molar-refractivity contribution is -0.384. The summed E-state index contributed by atoms with van der Waals surface area (Å²) in [6, 6.07) is 3.37. The van der Waals surface area contributed by atoms with Crippen LogP contribution in [-0.2, 0) is 4.79 Å². The number of aliphatic hydroxyl groups excluding tert-OH is 1. The van der Waals surface area contributed by atoms with Crippen LogP contribution in [0.3, 0.4) is 0 Å². The van der Waals surface area contributed by atoms with Crippen molar-refractivity contribution in [3.05, 3.63) is 28.3 Å². The van der Waals surface area contributed by atoms with Crippen molar-refractivity contribution < 1.29 is 14.8 Å². The average molecular weight is 237 g/mol. The van der Waals surface area contributed by atoms with Crippen LogP contribution in [0.5, 0.6) is 0 Å². The maximum absolute atomic E-state index is 11.6. The molecule has 1 aromatic carbocycles. The summed E-state index contributed by atoms with van der Waals surface area (Å²) in [6.45, 7) is 1.49. The number of nitrogens with zero attached hydrogens (tertiary/aromatic N) is 1. The molecule has 0 aliphatic carbocycles. The zero-order chi connectivity index (χ0) is 12.6. The van der Waals surface area contributed by atoms with Crippen LogP contribution in [0.15, 0.2) is 18.2 Å². The number of non-ortho nitro benzene ring substituents is 1. The van der Waals surface area contributed by atoms with Crippen LogP contribution >= 0.6 is 0 Å². The molecular formula is C10H11N3O4. The van der Waals surface area contributed by atoms with Gasteiger partial charge in [0.05, 0.1) is 22.4 Å². The van der Waals surface area contributed by atoms with Gasteiger partial charge in [0.15, 0.2) is 0 Å². The second-order valence-corrected chi connectivity index (χ2v) is 3.84. The normalized spacial score (nSPS) is 19.9. The molecule has 0 fully saturated rings. The number of carbonyl (C=O) groups excluding carboxylic acids is 1. The van der Waals surface area contributed by atoms with E-state index in [0.29, 0.717) is 11.4 Å². The summed E-state index contributed by atoms with van der Waals surface area (Å²) in [5, 5.41) is 25.3. The molecule has 2 rings (SSSR count). The molecule has 0 spiro atoms. The molecule has 90 valence electrons. The van der Waals surface area contributed by atoms with E-state index in [1.54, 1.807) is 0 Å². The molecule has 7 nitrogen and oxygen atoms in total. The highest BCUT2D eigenvalue weighted by Crippen LogP contribution is 2.30. The molecular weight excluding hydrogens is 226 g/mol. The molecule has 1 amide bonds. The number of carbonyl (C=O) groups is 1. The van der Waals surface area contributed by atoms with Gasteiger partial charge in [0.25, 0.3) is 5.69 Å². The third-order valence-corrected chi connectivity index (χ3v) is 2.55. The maximum Gasteiger partial charge on any atom is 0.271 e. The van der Waals surface area contributed by atoms with Crippen LogP contribution < -0.4 is 10.6 Å². The van der Waals surface area contributed by atoms with Gasteiger partial charge in [-0.3, -0.25) is 14.9 Å². The number of nitrogens with one attached hydrogen (secondary N) is 2. The second kappa shape index (κ2) is 4.02. The molecule has 0 radical (unpaired) electrons.